The Morgan fingerprint density at radius 2 is 2.10 bits per heavy atom. The fourth-order valence-corrected chi connectivity index (χ4v) is 2.40. The number of nitrogens with two attached hydrogens (primary N) is 1. The van der Waals surface area contributed by atoms with Crippen molar-refractivity contribution < 1.29 is 4.74 Å². The van der Waals surface area contributed by atoms with Crippen LogP contribution in [0.5, 0.6) is 5.75 Å². The van der Waals surface area contributed by atoms with E-state index in [1.807, 2.05) is 16.9 Å². The van der Waals surface area contributed by atoms with Crippen molar-refractivity contribution in [3.05, 3.63) is 41.5 Å². The number of ether oxygens (including phenoxy) is 1. The summed E-state index contributed by atoms with van der Waals surface area (Å²) >= 11 is 0. The van der Waals surface area contributed by atoms with Gasteiger partial charge in [0.25, 0.3) is 0 Å². The maximum atomic E-state index is 6.48. The van der Waals surface area contributed by atoms with E-state index in [0.717, 1.165) is 29.0 Å². The summed E-state index contributed by atoms with van der Waals surface area (Å²) in [6.07, 6.45) is 6.27. The maximum Gasteiger partial charge on any atom is 0.161 e. The van der Waals surface area contributed by atoms with E-state index < -0.39 is 0 Å². The second-order valence-electron chi connectivity index (χ2n) is 5.04. The lowest BCUT2D eigenvalue weighted by Crippen LogP contribution is -2.20. The molecule has 0 aliphatic carbocycles. The molecule has 2 rings (SSSR count). The Morgan fingerprint density at radius 3 is 2.70 bits per heavy atom. The number of hydrogen-bond donors (Lipinski definition) is 1. The molecule has 0 amide bonds. The van der Waals surface area contributed by atoms with Gasteiger partial charge < -0.3 is 10.5 Å². The van der Waals surface area contributed by atoms with Gasteiger partial charge >= 0.3 is 0 Å². The smallest absolute Gasteiger partial charge is 0.161 e. The Morgan fingerprint density at radius 1 is 1.35 bits per heavy atom. The van der Waals surface area contributed by atoms with Crippen LogP contribution in [0.3, 0.4) is 0 Å². The van der Waals surface area contributed by atoms with E-state index in [-0.39, 0.29) is 12.1 Å². The standard InChI is InChI=1S/C15H22N4O/c1-5-11-8-17-7-6-12(11)14(16)15-13(20-4)9-18-19(15)10(2)3/h6-10,14H,5,16H2,1-4H3. The van der Waals surface area contributed by atoms with Crippen LogP contribution in [0.25, 0.3) is 0 Å². The van der Waals surface area contributed by atoms with Crippen LogP contribution >= 0.6 is 0 Å². The summed E-state index contributed by atoms with van der Waals surface area (Å²) in [5.41, 5.74) is 9.61. The van der Waals surface area contributed by atoms with Crippen LogP contribution in [0, 0.1) is 0 Å². The molecule has 0 radical (unpaired) electrons. The monoisotopic (exact) mass is 274 g/mol. The summed E-state index contributed by atoms with van der Waals surface area (Å²) in [7, 11) is 1.64. The minimum atomic E-state index is -0.271. The first-order chi connectivity index (χ1) is 9.60. The number of nitrogens with zero attached hydrogens (tertiary/aromatic N) is 3. The van der Waals surface area contributed by atoms with Crippen molar-refractivity contribution >= 4 is 0 Å². The van der Waals surface area contributed by atoms with Gasteiger partial charge in [0, 0.05) is 18.4 Å². The normalized spacial score (nSPS) is 12.7. The lowest BCUT2D eigenvalue weighted by molar-refractivity contribution is 0.400. The fraction of sp³-hybridized carbons (Fsp3) is 0.467. The Balaban J connectivity index is 2.52. The summed E-state index contributed by atoms with van der Waals surface area (Å²) in [6, 6.07) is 1.93. The van der Waals surface area contributed by atoms with Gasteiger partial charge in [-0.3, -0.25) is 9.67 Å². The van der Waals surface area contributed by atoms with Crippen LogP contribution < -0.4 is 10.5 Å². The molecule has 1 atom stereocenters. The zero-order valence-electron chi connectivity index (χ0n) is 12.5. The van der Waals surface area contributed by atoms with Gasteiger partial charge in [0.15, 0.2) is 5.75 Å². The topological polar surface area (TPSA) is 66.0 Å². The van der Waals surface area contributed by atoms with Crippen molar-refractivity contribution in [1.82, 2.24) is 14.8 Å². The third kappa shape index (κ3) is 2.54. The molecule has 5 nitrogen and oxygen atoms in total. The molecule has 0 bridgehead atoms. The Hall–Kier alpha value is -1.88. The molecule has 108 valence electrons. The highest BCUT2D eigenvalue weighted by Crippen LogP contribution is 2.31. The van der Waals surface area contributed by atoms with Crippen LogP contribution in [0.2, 0.25) is 0 Å². The minimum Gasteiger partial charge on any atom is -0.493 e. The van der Waals surface area contributed by atoms with Gasteiger partial charge in [-0.15, -0.1) is 0 Å². The van der Waals surface area contributed by atoms with E-state index in [0.29, 0.717) is 0 Å². The average molecular weight is 274 g/mol. The largest absolute Gasteiger partial charge is 0.493 e. The number of pyridine rings is 1. The highest BCUT2D eigenvalue weighted by atomic mass is 16.5. The van der Waals surface area contributed by atoms with E-state index in [9.17, 15) is 0 Å². The number of rotatable bonds is 5. The van der Waals surface area contributed by atoms with Crippen molar-refractivity contribution in [3.8, 4) is 5.75 Å². The zero-order valence-corrected chi connectivity index (χ0v) is 12.5. The number of aromatic nitrogens is 3. The Kier molecular flexibility index (Phi) is 4.39. The highest BCUT2D eigenvalue weighted by Gasteiger charge is 2.23. The van der Waals surface area contributed by atoms with E-state index in [1.54, 1.807) is 19.5 Å². The van der Waals surface area contributed by atoms with Gasteiger partial charge in [-0.05, 0) is 37.5 Å². The predicted octanol–water partition coefficient (Wildman–Crippen LogP) is 2.48. The van der Waals surface area contributed by atoms with E-state index in [2.05, 4.69) is 30.9 Å². The van der Waals surface area contributed by atoms with E-state index in [4.69, 9.17) is 10.5 Å². The van der Waals surface area contributed by atoms with Crippen molar-refractivity contribution in [2.75, 3.05) is 7.11 Å². The van der Waals surface area contributed by atoms with Crippen LogP contribution in [0.15, 0.2) is 24.7 Å². The molecule has 2 aromatic rings. The fourth-order valence-electron chi connectivity index (χ4n) is 2.40. The van der Waals surface area contributed by atoms with Crippen LogP contribution in [0.4, 0.5) is 0 Å². The zero-order chi connectivity index (χ0) is 14.7. The molecular formula is C15H22N4O. The van der Waals surface area contributed by atoms with E-state index >= 15 is 0 Å². The number of hydrogen-bond acceptors (Lipinski definition) is 4. The van der Waals surface area contributed by atoms with Crippen LogP contribution in [0.1, 0.15) is 49.7 Å². The number of methoxy groups -OCH3 is 1. The molecule has 0 saturated heterocycles. The Bertz CT molecular complexity index is 577. The molecule has 2 N–H and O–H groups in total. The van der Waals surface area contributed by atoms with Gasteiger partial charge in [0.2, 0.25) is 0 Å². The van der Waals surface area contributed by atoms with Gasteiger partial charge in [0.1, 0.15) is 5.69 Å². The summed E-state index contributed by atoms with van der Waals surface area (Å²) in [4.78, 5) is 4.17. The van der Waals surface area contributed by atoms with Crippen molar-refractivity contribution in [1.29, 1.82) is 0 Å². The molecule has 2 aromatic heterocycles. The van der Waals surface area contributed by atoms with Crippen molar-refractivity contribution in [2.45, 2.75) is 39.3 Å². The molecular weight excluding hydrogens is 252 g/mol. The molecule has 0 aromatic carbocycles. The molecule has 1 unspecified atom stereocenters. The lowest BCUT2D eigenvalue weighted by Gasteiger charge is -2.20. The molecule has 0 fully saturated rings. The number of aryl methyl sites for hydroxylation is 1. The highest BCUT2D eigenvalue weighted by molar-refractivity contribution is 5.39. The van der Waals surface area contributed by atoms with Crippen LogP contribution in [-0.2, 0) is 6.42 Å². The average Bonchev–Trinajstić information content (AvgIpc) is 2.90. The lowest BCUT2D eigenvalue weighted by atomic mass is 9.98. The van der Waals surface area contributed by atoms with Crippen molar-refractivity contribution in [2.24, 2.45) is 5.73 Å². The molecule has 0 spiro atoms. The first-order valence-electron chi connectivity index (χ1n) is 6.89. The van der Waals surface area contributed by atoms with Gasteiger partial charge in [-0.2, -0.15) is 5.10 Å². The quantitative estimate of drug-likeness (QED) is 0.909. The molecule has 0 aliphatic rings. The molecule has 20 heavy (non-hydrogen) atoms. The second kappa shape index (κ2) is 6.05. The molecule has 0 saturated carbocycles. The van der Waals surface area contributed by atoms with E-state index in [1.165, 1.54) is 0 Å². The first-order valence-corrected chi connectivity index (χ1v) is 6.89. The maximum absolute atomic E-state index is 6.48. The molecule has 5 heteroatoms. The van der Waals surface area contributed by atoms with Gasteiger partial charge in [-0.1, -0.05) is 6.92 Å². The molecule has 0 aliphatic heterocycles. The van der Waals surface area contributed by atoms with Crippen molar-refractivity contribution in [3.63, 3.8) is 0 Å². The SMILES string of the molecule is CCc1cnccc1C(N)c1c(OC)cnn1C(C)C. The Labute approximate surface area is 119 Å². The summed E-state index contributed by atoms with van der Waals surface area (Å²) in [5, 5.41) is 4.38. The molecule has 2 heterocycles. The van der Waals surface area contributed by atoms with Gasteiger partial charge in [0.05, 0.1) is 19.3 Å². The first kappa shape index (κ1) is 14.5. The third-order valence-corrected chi connectivity index (χ3v) is 3.46. The van der Waals surface area contributed by atoms with Crippen LogP contribution in [-0.4, -0.2) is 21.9 Å². The third-order valence-electron chi connectivity index (χ3n) is 3.46. The summed E-state index contributed by atoms with van der Waals surface area (Å²) in [5.74, 6) is 0.727. The summed E-state index contributed by atoms with van der Waals surface area (Å²) < 4.78 is 7.33. The second-order valence-corrected chi connectivity index (χ2v) is 5.04. The summed E-state index contributed by atoms with van der Waals surface area (Å²) in [6.45, 7) is 6.26. The predicted molar refractivity (Wildman–Crippen MR) is 78.8 cm³/mol. The van der Waals surface area contributed by atoms with Gasteiger partial charge in [-0.25, -0.2) is 0 Å². The minimum absolute atomic E-state index is 0.229.